The molecule has 38 heavy (non-hydrogen) atoms. The van der Waals surface area contributed by atoms with Crippen LogP contribution >= 0.6 is 0 Å². The van der Waals surface area contributed by atoms with Gasteiger partial charge in [-0.25, -0.2) is 43.2 Å². The number of hydrogen-bond donors (Lipinski definition) is 6. The van der Waals surface area contributed by atoms with Crippen molar-refractivity contribution < 1.29 is 102 Å². The summed E-state index contributed by atoms with van der Waals surface area (Å²) in [5, 5.41) is 46.1. The molecule has 21 nitrogen and oxygen atoms in total. The molecule has 0 aromatic rings. The minimum absolute atomic E-state index is 0. The Morgan fingerprint density at radius 1 is 0.316 bits per heavy atom. The standard InChI is InChI=1S/3C3H2O7.2Ca.2K.4Na.10H/c3*4-1(5)9-3(8)10-2(6)7;;;;;;;;;;;;;;;;;;/h3*(H,4,5)(H,6,7);;;;;;;;;;;;;;;;;;. The Balaban J connectivity index is -0.0000000289. The number of hydrogen-bond acceptors (Lipinski definition) is 15. The van der Waals surface area contributed by atoms with Gasteiger partial charge in [0, 0.05) is 0 Å². The predicted octanol–water partition coefficient (Wildman–Crippen LogP) is -4.24. The SMILES string of the molecule is O=C(O)OC(=O)OC(=O)O.O=C(O)OC(=O)OC(=O)O.O=C(O)OC(=O)OC(=O)O.[CaH2].[CaH2].[KH].[KH].[NaH].[NaH].[NaH].[NaH]. The van der Waals surface area contributed by atoms with E-state index in [0.717, 1.165) is 0 Å². The van der Waals surface area contributed by atoms with E-state index in [0.29, 0.717) is 0 Å². The molecule has 0 fully saturated rings. The summed E-state index contributed by atoms with van der Waals surface area (Å²) >= 11 is 0. The van der Waals surface area contributed by atoms with E-state index in [4.69, 9.17) is 30.6 Å². The van der Waals surface area contributed by atoms with Gasteiger partial charge in [-0.3, -0.25) is 0 Å². The normalized spacial score (nSPS) is 6.32. The van der Waals surface area contributed by atoms with E-state index >= 15 is 0 Å². The molecule has 0 saturated heterocycles. The van der Waals surface area contributed by atoms with Crippen LogP contribution in [0.25, 0.3) is 0 Å². The molecule has 0 radical (unpaired) electrons. The van der Waals surface area contributed by atoms with Gasteiger partial charge in [0.1, 0.15) is 0 Å². The monoisotopic (exact) mass is 710 g/mol. The first-order chi connectivity index (χ1) is 13.6. The van der Waals surface area contributed by atoms with Gasteiger partial charge in [-0.15, -0.1) is 0 Å². The van der Waals surface area contributed by atoms with Gasteiger partial charge in [-0.2, -0.15) is 0 Å². The quantitative estimate of drug-likeness (QED) is 0.0600. The van der Waals surface area contributed by atoms with E-state index in [-0.39, 0.29) is 296 Å². The minimum atomic E-state index is -1.92. The Kier molecular flexibility index (Phi) is 93.8. The van der Waals surface area contributed by atoms with Crippen molar-refractivity contribution in [3.63, 3.8) is 0 Å². The number of ether oxygens (including phenoxy) is 6. The predicted molar refractivity (Wildman–Crippen MR) is 131 cm³/mol. The molecule has 0 bridgehead atoms. The van der Waals surface area contributed by atoms with Gasteiger partial charge in [0.25, 0.3) is 0 Å². The summed E-state index contributed by atoms with van der Waals surface area (Å²) in [5.74, 6) is 0. The van der Waals surface area contributed by atoms with Crippen molar-refractivity contribution >= 4 is 352 Å². The Morgan fingerprint density at radius 3 is 0.447 bits per heavy atom. The summed E-state index contributed by atoms with van der Waals surface area (Å²) < 4.78 is 19.4. The Bertz CT molecular complexity index is 590. The van der Waals surface area contributed by atoms with E-state index < -0.39 is 55.4 Å². The van der Waals surface area contributed by atoms with Crippen molar-refractivity contribution in [3.8, 4) is 0 Å². The van der Waals surface area contributed by atoms with Crippen molar-refractivity contribution in [2.24, 2.45) is 0 Å². The molecule has 29 heteroatoms. The number of carboxylic acid groups (broad SMARTS) is 6. The first-order valence-corrected chi connectivity index (χ1v) is 5.63. The fraction of sp³-hybridized carbons (Fsp3) is 0. The molecule has 0 unspecified atom stereocenters. The van der Waals surface area contributed by atoms with Crippen LogP contribution in [0.1, 0.15) is 0 Å². The van der Waals surface area contributed by atoms with Crippen molar-refractivity contribution in [1.82, 2.24) is 0 Å². The molecule has 0 saturated carbocycles. The van der Waals surface area contributed by atoms with Gasteiger partial charge in [0.15, 0.2) is 0 Å². The molecule has 0 atom stereocenters. The zero-order valence-electron chi connectivity index (χ0n) is 13.3. The first kappa shape index (κ1) is 73.7. The van der Waals surface area contributed by atoms with Crippen molar-refractivity contribution in [3.05, 3.63) is 0 Å². The van der Waals surface area contributed by atoms with Crippen LogP contribution in [0.5, 0.6) is 0 Å². The summed E-state index contributed by atoms with van der Waals surface area (Å²) in [6.45, 7) is 0. The third-order valence-corrected chi connectivity index (χ3v) is 1.02. The van der Waals surface area contributed by atoms with Crippen LogP contribution in [0.2, 0.25) is 0 Å². The fourth-order valence-electron chi connectivity index (χ4n) is 0.490. The molecular weight excluding hydrogens is 694 g/mol. The number of rotatable bonds is 0. The molecule has 0 rings (SSSR count). The van der Waals surface area contributed by atoms with E-state index in [1.165, 1.54) is 0 Å². The molecule has 188 valence electrons. The Hall–Kier alpha value is 4.42. The van der Waals surface area contributed by atoms with Crippen LogP contribution in [-0.4, -0.2) is 383 Å². The van der Waals surface area contributed by atoms with Gasteiger partial charge in [0.05, 0.1) is 0 Å². The van der Waals surface area contributed by atoms with Gasteiger partial charge < -0.3 is 59.1 Å². The second-order valence-corrected chi connectivity index (χ2v) is 2.96. The van der Waals surface area contributed by atoms with E-state index in [9.17, 15) is 43.2 Å². The van der Waals surface area contributed by atoms with Gasteiger partial charge >= 0.3 is 352 Å². The van der Waals surface area contributed by atoms with Gasteiger partial charge in [-0.1, -0.05) is 0 Å². The zero-order chi connectivity index (χ0) is 24.4. The summed E-state index contributed by atoms with van der Waals surface area (Å²) in [6.07, 6.45) is -16.9. The van der Waals surface area contributed by atoms with Crippen LogP contribution in [0.4, 0.5) is 43.2 Å². The van der Waals surface area contributed by atoms with Crippen LogP contribution in [0, 0.1) is 0 Å². The second kappa shape index (κ2) is 48.3. The summed E-state index contributed by atoms with van der Waals surface area (Å²) in [6, 6.07) is 0. The third-order valence-electron chi connectivity index (χ3n) is 1.02. The van der Waals surface area contributed by atoms with E-state index in [2.05, 4.69) is 28.4 Å². The Labute approximate surface area is 442 Å². The molecule has 0 aromatic carbocycles. The van der Waals surface area contributed by atoms with Crippen molar-refractivity contribution in [1.29, 1.82) is 0 Å². The second-order valence-electron chi connectivity index (χ2n) is 2.96. The van der Waals surface area contributed by atoms with Crippen LogP contribution in [0.15, 0.2) is 0 Å². The number of carbonyl (C=O) groups is 9. The maximum absolute atomic E-state index is 9.86. The van der Waals surface area contributed by atoms with Gasteiger partial charge in [0.2, 0.25) is 0 Å². The molecule has 0 aliphatic rings. The average Bonchev–Trinajstić information content (AvgIpc) is 2.42. The molecule has 0 spiro atoms. The van der Waals surface area contributed by atoms with E-state index in [1.54, 1.807) is 0 Å². The maximum atomic E-state index is 9.86. The molecule has 6 N–H and O–H groups in total. The first-order valence-electron chi connectivity index (χ1n) is 5.63. The Morgan fingerprint density at radius 2 is 0.395 bits per heavy atom. The summed E-state index contributed by atoms with van der Waals surface area (Å²) in [5.41, 5.74) is 0. The number of carbonyl (C=O) groups excluding carboxylic acids is 3. The molecule has 0 aliphatic carbocycles. The molecule has 0 aromatic heterocycles. The van der Waals surface area contributed by atoms with Crippen molar-refractivity contribution in [2.75, 3.05) is 0 Å². The molecule has 0 heterocycles. The summed E-state index contributed by atoms with van der Waals surface area (Å²) in [4.78, 5) is 86.4. The third kappa shape index (κ3) is 77.8. The molecule has 0 amide bonds. The topological polar surface area (TPSA) is 330 Å². The average molecular weight is 711 g/mol. The molecule has 0 aliphatic heterocycles. The van der Waals surface area contributed by atoms with Crippen LogP contribution in [-0.2, 0) is 28.4 Å². The fourth-order valence-corrected chi connectivity index (χ4v) is 0.490. The summed E-state index contributed by atoms with van der Waals surface area (Å²) in [7, 11) is 0. The zero-order valence-corrected chi connectivity index (χ0v) is 13.3. The molecular formula is C9H16Ca2K2Na4O21. The van der Waals surface area contributed by atoms with Gasteiger partial charge in [-0.05, 0) is 0 Å². The van der Waals surface area contributed by atoms with Crippen LogP contribution < -0.4 is 0 Å². The van der Waals surface area contributed by atoms with Crippen molar-refractivity contribution in [2.45, 2.75) is 0 Å². The van der Waals surface area contributed by atoms with E-state index in [1.807, 2.05) is 0 Å². The van der Waals surface area contributed by atoms with Crippen LogP contribution in [0.3, 0.4) is 0 Å².